The number of anilines is 1. The molecule has 2 N–H and O–H groups in total. The predicted molar refractivity (Wildman–Crippen MR) is 181 cm³/mol. The predicted octanol–water partition coefficient (Wildman–Crippen LogP) is 5.68. The van der Waals surface area contributed by atoms with Crippen molar-refractivity contribution in [3.8, 4) is 0 Å². The van der Waals surface area contributed by atoms with Crippen LogP contribution in [-0.4, -0.2) is 62.7 Å². The van der Waals surface area contributed by atoms with E-state index in [-0.39, 0.29) is 18.1 Å². The van der Waals surface area contributed by atoms with Crippen LogP contribution in [0.3, 0.4) is 0 Å². The van der Waals surface area contributed by atoms with Crippen molar-refractivity contribution in [2.24, 2.45) is 0 Å². The molecule has 1 amide bonds. The zero-order chi connectivity index (χ0) is 33.8. The van der Waals surface area contributed by atoms with E-state index >= 15 is 0 Å². The lowest BCUT2D eigenvalue weighted by Gasteiger charge is -2.51. The van der Waals surface area contributed by atoms with Crippen LogP contribution < -0.4 is 5.32 Å². The molecule has 4 atom stereocenters. The summed E-state index contributed by atoms with van der Waals surface area (Å²) in [6, 6.07) is 38.3. The van der Waals surface area contributed by atoms with Crippen molar-refractivity contribution in [2.45, 2.75) is 36.1 Å². The first-order chi connectivity index (χ1) is 24.0. The van der Waals surface area contributed by atoms with Crippen LogP contribution >= 0.6 is 0 Å². The largest absolute Gasteiger partial charge is 0.390 e. The molecule has 1 aliphatic rings. The van der Waals surface area contributed by atoms with E-state index in [9.17, 15) is 9.90 Å². The minimum absolute atomic E-state index is 0.137. The molecule has 1 saturated heterocycles. The Balaban J connectivity index is 1.34. The Morgan fingerprint density at radius 1 is 0.816 bits per heavy atom. The van der Waals surface area contributed by atoms with E-state index in [0.717, 1.165) is 16.7 Å². The molecule has 1 aliphatic heterocycles. The maximum atomic E-state index is 13.0. The quantitative estimate of drug-likeness (QED) is 0.0782. The SMILES string of the molecule is COO[C@](OC)([C@H]1O[C@@H](n2cnc3c(NC(=O)c4ccccc4)ncnc32)C[C@@H]1O)C(c1ccccc1)(c1ccccc1)c1ccccc1. The maximum absolute atomic E-state index is 13.0. The summed E-state index contributed by atoms with van der Waals surface area (Å²) in [5.41, 5.74) is 2.50. The van der Waals surface area contributed by atoms with Crippen LogP contribution in [-0.2, 0) is 24.7 Å². The number of hydrogen-bond donors (Lipinski definition) is 2. The van der Waals surface area contributed by atoms with Crippen LogP contribution in [0.2, 0.25) is 0 Å². The van der Waals surface area contributed by atoms with E-state index in [2.05, 4.69) is 20.3 Å². The van der Waals surface area contributed by atoms with Crippen LogP contribution in [0.1, 0.15) is 39.7 Å². The van der Waals surface area contributed by atoms with Gasteiger partial charge in [-0.3, -0.25) is 9.36 Å². The normalized spacial score (nSPS) is 19.0. The molecule has 0 saturated carbocycles. The first kappa shape index (κ1) is 32.3. The monoisotopic (exact) mass is 657 g/mol. The molecule has 3 heterocycles. The number of imidazole rings is 1. The molecular formula is C38H35N5O6. The topological polar surface area (TPSA) is 130 Å². The molecule has 2 aromatic heterocycles. The molecule has 49 heavy (non-hydrogen) atoms. The number of benzene rings is 4. The lowest BCUT2D eigenvalue weighted by molar-refractivity contribution is -0.452. The second kappa shape index (κ2) is 13.7. The summed E-state index contributed by atoms with van der Waals surface area (Å²) in [4.78, 5) is 38.1. The molecule has 248 valence electrons. The van der Waals surface area contributed by atoms with Crippen LogP contribution in [0.15, 0.2) is 134 Å². The van der Waals surface area contributed by atoms with Gasteiger partial charge in [-0.2, -0.15) is 4.89 Å². The molecule has 6 aromatic rings. The Bertz CT molecular complexity index is 1920. The standard InChI is InChI=1S/C38H35N5O6/c1-46-38(49-47-2,37(27-17-9-4-10-18-27,28-19-11-5-12-20-28)29-21-13-6-14-22-29)33-30(44)23-31(48-33)43-25-41-32-34(39-24-40-35(32)43)42-36(45)26-15-7-3-8-16-26/h3-22,24-25,30-31,33,44H,23H2,1-2H3,(H,39,40,42,45)/t30-,31+,33-,38+/m0/s1. The smallest absolute Gasteiger partial charge is 0.256 e. The Kier molecular flexibility index (Phi) is 9.00. The van der Waals surface area contributed by atoms with E-state index in [4.69, 9.17) is 19.2 Å². The van der Waals surface area contributed by atoms with Gasteiger partial charge in [-0.1, -0.05) is 109 Å². The number of carbonyl (C=O) groups is 1. The molecule has 11 heteroatoms. The fraction of sp³-hybridized carbons (Fsp3) is 0.211. The molecule has 1 fully saturated rings. The molecule has 0 radical (unpaired) electrons. The Labute approximate surface area is 283 Å². The van der Waals surface area contributed by atoms with Gasteiger partial charge in [0, 0.05) is 19.1 Å². The number of ether oxygens (including phenoxy) is 2. The third kappa shape index (κ3) is 5.47. The van der Waals surface area contributed by atoms with Gasteiger partial charge in [-0.15, -0.1) is 0 Å². The van der Waals surface area contributed by atoms with Crippen LogP contribution in [0.25, 0.3) is 11.2 Å². The highest BCUT2D eigenvalue weighted by Gasteiger charge is 2.66. The molecule has 7 rings (SSSR count). The summed E-state index contributed by atoms with van der Waals surface area (Å²) >= 11 is 0. The minimum Gasteiger partial charge on any atom is -0.390 e. The van der Waals surface area contributed by atoms with Crippen molar-refractivity contribution in [1.82, 2.24) is 19.5 Å². The Morgan fingerprint density at radius 2 is 1.37 bits per heavy atom. The molecule has 11 nitrogen and oxygen atoms in total. The zero-order valence-corrected chi connectivity index (χ0v) is 26.9. The van der Waals surface area contributed by atoms with E-state index in [0.29, 0.717) is 16.7 Å². The van der Waals surface area contributed by atoms with Gasteiger partial charge in [0.1, 0.15) is 24.1 Å². The number of aromatic nitrogens is 4. The second-order valence-corrected chi connectivity index (χ2v) is 11.7. The Morgan fingerprint density at radius 3 is 1.90 bits per heavy atom. The first-order valence-corrected chi connectivity index (χ1v) is 15.8. The summed E-state index contributed by atoms with van der Waals surface area (Å²) in [7, 11) is 2.93. The third-order valence-corrected chi connectivity index (χ3v) is 9.06. The van der Waals surface area contributed by atoms with Crippen molar-refractivity contribution in [1.29, 1.82) is 0 Å². The summed E-state index contributed by atoms with van der Waals surface area (Å²) in [6.07, 6.45) is 0.0718. The lowest BCUT2D eigenvalue weighted by atomic mass is 9.61. The van der Waals surface area contributed by atoms with Gasteiger partial charge < -0.3 is 19.9 Å². The van der Waals surface area contributed by atoms with Crippen LogP contribution in [0, 0.1) is 0 Å². The number of fused-ring (bicyclic) bond motifs is 1. The van der Waals surface area contributed by atoms with Gasteiger partial charge in [0.15, 0.2) is 17.0 Å². The summed E-state index contributed by atoms with van der Waals surface area (Å²) < 4.78 is 15.0. The number of rotatable bonds is 11. The number of carbonyl (C=O) groups excluding carboxylic acids is 1. The van der Waals surface area contributed by atoms with E-state index in [1.807, 2.05) is 97.1 Å². The number of methoxy groups -OCH3 is 1. The summed E-state index contributed by atoms with van der Waals surface area (Å²) in [5.74, 6) is -1.87. The highest BCUT2D eigenvalue weighted by Crippen LogP contribution is 2.54. The molecule has 0 unspecified atom stereocenters. The average molecular weight is 658 g/mol. The van der Waals surface area contributed by atoms with Gasteiger partial charge in [-0.25, -0.2) is 19.8 Å². The highest BCUT2D eigenvalue weighted by atomic mass is 17.2. The van der Waals surface area contributed by atoms with E-state index < -0.39 is 29.6 Å². The number of aliphatic hydroxyl groups excluding tert-OH is 1. The van der Waals surface area contributed by atoms with Gasteiger partial charge in [-0.05, 0) is 28.8 Å². The van der Waals surface area contributed by atoms with Crippen molar-refractivity contribution in [3.63, 3.8) is 0 Å². The minimum atomic E-state index is -1.79. The summed E-state index contributed by atoms with van der Waals surface area (Å²) in [6.45, 7) is 0. The van der Waals surface area contributed by atoms with Crippen LogP contribution in [0.4, 0.5) is 5.82 Å². The van der Waals surface area contributed by atoms with Gasteiger partial charge >= 0.3 is 0 Å². The molecule has 4 aromatic carbocycles. The number of amides is 1. The average Bonchev–Trinajstić information content (AvgIpc) is 3.77. The number of hydrogen-bond acceptors (Lipinski definition) is 9. The maximum Gasteiger partial charge on any atom is 0.256 e. The van der Waals surface area contributed by atoms with E-state index in [1.165, 1.54) is 20.5 Å². The number of aliphatic hydroxyl groups is 1. The van der Waals surface area contributed by atoms with Crippen molar-refractivity contribution < 1.29 is 29.1 Å². The molecule has 0 spiro atoms. The fourth-order valence-electron chi connectivity index (χ4n) is 7.01. The molecule has 0 bridgehead atoms. The Hall–Kier alpha value is -5.30. The second-order valence-electron chi connectivity index (χ2n) is 11.7. The van der Waals surface area contributed by atoms with Crippen molar-refractivity contribution >= 4 is 22.9 Å². The molecular weight excluding hydrogens is 622 g/mol. The highest BCUT2D eigenvalue weighted by molar-refractivity contribution is 6.06. The van der Waals surface area contributed by atoms with E-state index in [1.54, 1.807) is 35.2 Å². The van der Waals surface area contributed by atoms with Crippen molar-refractivity contribution in [2.75, 3.05) is 19.5 Å². The zero-order valence-electron chi connectivity index (χ0n) is 26.9. The third-order valence-electron chi connectivity index (χ3n) is 9.06. The lowest BCUT2D eigenvalue weighted by Crippen LogP contribution is -2.65. The van der Waals surface area contributed by atoms with Crippen LogP contribution in [0.5, 0.6) is 0 Å². The van der Waals surface area contributed by atoms with Gasteiger partial charge in [0.05, 0.1) is 19.5 Å². The first-order valence-electron chi connectivity index (χ1n) is 15.8. The fourth-order valence-corrected chi connectivity index (χ4v) is 7.01. The van der Waals surface area contributed by atoms with Crippen molar-refractivity contribution in [3.05, 3.63) is 156 Å². The van der Waals surface area contributed by atoms with Gasteiger partial charge in [0.2, 0.25) is 5.79 Å². The summed E-state index contributed by atoms with van der Waals surface area (Å²) in [5, 5.41) is 14.8. The molecule has 0 aliphatic carbocycles. The van der Waals surface area contributed by atoms with Gasteiger partial charge in [0.25, 0.3) is 5.91 Å². The number of nitrogens with zero attached hydrogens (tertiary/aromatic N) is 4. The number of nitrogens with one attached hydrogen (secondary N) is 1.